The molecule has 0 spiro atoms. The van der Waals surface area contributed by atoms with Crippen molar-refractivity contribution in [2.45, 2.75) is 40.3 Å². The highest BCUT2D eigenvalue weighted by Crippen LogP contribution is 2.18. The summed E-state index contributed by atoms with van der Waals surface area (Å²) in [7, 11) is 0. The number of benzene rings is 1. The molecular weight excluding hydrogens is 366 g/mol. The first kappa shape index (κ1) is 20.8. The zero-order valence-corrected chi connectivity index (χ0v) is 17.6. The maximum absolute atomic E-state index is 13.0. The van der Waals surface area contributed by atoms with Crippen LogP contribution in [-0.2, 0) is 11.3 Å². The topological polar surface area (TPSA) is 69.6 Å². The molecule has 1 aromatic carbocycles. The van der Waals surface area contributed by atoms with E-state index in [1.807, 2.05) is 25.1 Å². The van der Waals surface area contributed by atoms with Gasteiger partial charge in [0.15, 0.2) is 0 Å². The molecule has 7 heteroatoms. The van der Waals surface area contributed by atoms with E-state index in [1.54, 1.807) is 22.8 Å². The second kappa shape index (κ2) is 9.03. The lowest BCUT2D eigenvalue weighted by Gasteiger charge is -2.34. The molecule has 29 heavy (non-hydrogen) atoms. The molecule has 2 aromatic rings. The molecule has 0 bridgehead atoms. The van der Waals surface area contributed by atoms with Crippen LogP contribution in [0.3, 0.4) is 0 Å². The number of nitrogens with zero attached hydrogens (tertiary/aromatic N) is 5. The quantitative estimate of drug-likeness (QED) is 0.778. The van der Waals surface area contributed by atoms with Gasteiger partial charge >= 0.3 is 0 Å². The predicted octanol–water partition coefficient (Wildman–Crippen LogP) is 2.50. The predicted molar refractivity (Wildman–Crippen MR) is 113 cm³/mol. The van der Waals surface area contributed by atoms with Gasteiger partial charge in [-0.05, 0) is 32.4 Å². The van der Waals surface area contributed by atoms with Gasteiger partial charge in [-0.15, -0.1) is 0 Å². The summed E-state index contributed by atoms with van der Waals surface area (Å²) in [5.74, 6) is 0.503. The van der Waals surface area contributed by atoms with Crippen molar-refractivity contribution >= 4 is 17.8 Å². The minimum absolute atomic E-state index is 0.0470. The van der Waals surface area contributed by atoms with Gasteiger partial charge < -0.3 is 14.7 Å². The van der Waals surface area contributed by atoms with Gasteiger partial charge in [-0.1, -0.05) is 30.3 Å². The fourth-order valence-corrected chi connectivity index (χ4v) is 3.44. The van der Waals surface area contributed by atoms with Crippen LogP contribution < -0.4 is 4.90 Å². The Morgan fingerprint density at radius 3 is 2.24 bits per heavy atom. The molecule has 1 aliphatic heterocycles. The maximum atomic E-state index is 13.0. The number of amides is 2. The van der Waals surface area contributed by atoms with Crippen molar-refractivity contribution < 1.29 is 9.59 Å². The van der Waals surface area contributed by atoms with Gasteiger partial charge in [-0.3, -0.25) is 9.59 Å². The van der Waals surface area contributed by atoms with Crippen molar-refractivity contribution in [3.8, 4) is 0 Å². The van der Waals surface area contributed by atoms with Crippen LogP contribution in [0.15, 0.2) is 36.4 Å². The molecule has 3 rings (SSSR count). The van der Waals surface area contributed by atoms with Gasteiger partial charge in [-0.2, -0.15) is 0 Å². The largest absolute Gasteiger partial charge is 0.339 e. The molecular formula is C22H29N5O2. The van der Waals surface area contributed by atoms with Gasteiger partial charge in [0.05, 0.1) is 0 Å². The average molecular weight is 396 g/mol. The Bertz CT molecular complexity index is 861. The van der Waals surface area contributed by atoms with Crippen molar-refractivity contribution in [3.05, 3.63) is 53.3 Å². The molecule has 1 saturated heterocycles. The van der Waals surface area contributed by atoms with Crippen LogP contribution in [0.4, 0.5) is 5.95 Å². The third-order valence-electron chi connectivity index (χ3n) is 5.15. The Balaban J connectivity index is 1.81. The van der Waals surface area contributed by atoms with Crippen LogP contribution in [-0.4, -0.2) is 63.8 Å². The van der Waals surface area contributed by atoms with Crippen LogP contribution >= 0.6 is 0 Å². The van der Waals surface area contributed by atoms with E-state index in [4.69, 9.17) is 0 Å². The first-order valence-electron chi connectivity index (χ1n) is 10.1. The van der Waals surface area contributed by atoms with E-state index in [-0.39, 0.29) is 17.9 Å². The Morgan fingerprint density at radius 1 is 1.03 bits per heavy atom. The first-order chi connectivity index (χ1) is 13.8. The Hall–Kier alpha value is -2.96. The highest BCUT2D eigenvalue weighted by atomic mass is 16.2. The lowest BCUT2D eigenvalue weighted by atomic mass is 10.2. The summed E-state index contributed by atoms with van der Waals surface area (Å²) in [5, 5.41) is 0. The van der Waals surface area contributed by atoms with Crippen LogP contribution in [0.2, 0.25) is 0 Å². The monoisotopic (exact) mass is 395 g/mol. The highest BCUT2D eigenvalue weighted by molar-refractivity contribution is 5.93. The molecule has 0 unspecified atom stereocenters. The van der Waals surface area contributed by atoms with Crippen molar-refractivity contribution in [2.24, 2.45) is 0 Å². The average Bonchev–Trinajstić information content (AvgIpc) is 2.71. The maximum Gasteiger partial charge on any atom is 0.272 e. The standard InChI is InChI=1S/C22H29N5O2/c1-16(2)27(15-19-8-6-5-7-9-19)22-23-17(3)14-20(24-22)21(29)26-12-10-25(11-13-26)18(4)28/h5-9,14,16H,10-13,15H2,1-4H3. The molecule has 0 atom stereocenters. The fraction of sp³-hybridized carbons (Fsp3) is 0.455. The number of piperazine rings is 1. The SMILES string of the molecule is CC(=O)N1CCN(C(=O)c2cc(C)nc(N(Cc3ccccc3)C(C)C)n2)CC1. The number of aromatic nitrogens is 2. The molecule has 1 fully saturated rings. The lowest BCUT2D eigenvalue weighted by Crippen LogP contribution is -2.50. The summed E-state index contributed by atoms with van der Waals surface area (Å²) in [4.78, 5) is 39.4. The second-order valence-electron chi connectivity index (χ2n) is 7.70. The second-order valence-corrected chi connectivity index (χ2v) is 7.70. The van der Waals surface area contributed by atoms with Crippen molar-refractivity contribution in [2.75, 3.05) is 31.1 Å². The van der Waals surface area contributed by atoms with Gasteiger partial charge in [0.1, 0.15) is 5.69 Å². The van der Waals surface area contributed by atoms with E-state index in [9.17, 15) is 9.59 Å². The number of hydrogen-bond donors (Lipinski definition) is 0. The molecule has 7 nitrogen and oxygen atoms in total. The Kier molecular flexibility index (Phi) is 6.46. The van der Waals surface area contributed by atoms with Crippen LogP contribution in [0, 0.1) is 6.92 Å². The summed E-state index contributed by atoms with van der Waals surface area (Å²) in [6.45, 7) is 10.5. The van der Waals surface area contributed by atoms with Crippen LogP contribution in [0.25, 0.3) is 0 Å². The third-order valence-corrected chi connectivity index (χ3v) is 5.15. The first-order valence-corrected chi connectivity index (χ1v) is 10.1. The fourth-order valence-electron chi connectivity index (χ4n) is 3.44. The Morgan fingerprint density at radius 2 is 1.66 bits per heavy atom. The summed E-state index contributed by atoms with van der Waals surface area (Å²) < 4.78 is 0. The van der Waals surface area contributed by atoms with E-state index in [0.29, 0.717) is 44.4 Å². The van der Waals surface area contributed by atoms with E-state index in [2.05, 4.69) is 40.8 Å². The van der Waals surface area contributed by atoms with Crippen molar-refractivity contribution in [1.82, 2.24) is 19.8 Å². The van der Waals surface area contributed by atoms with Gasteiger partial charge in [0, 0.05) is 51.4 Å². The van der Waals surface area contributed by atoms with E-state index in [0.717, 1.165) is 5.69 Å². The van der Waals surface area contributed by atoms with Crippen molar-refractivity contribution in [1.29, 1.82) is 0 Å². The number of rotatable bonds is 5. The number of anilines is 1. The van der Waals surface area contributed by atoms with Gasteiger partial charge in [-0.25, -0.2) is 9.97 Å². The minimum Gasteiger partial charge on any atom is -0.339 e. The molecule has 154 valence electrons. The Labute approximate surface area is 172 Å². The smallest absolute Gasteiger partial charge is 0.272 e. The summed E-state index contributed by atoms with van der Waals surface area (Å²) in [5.41, 5.74) is 2.33. The van der Waals surface area contributed by atoms with Crippen LogP contribution in [0.1, 0.15) is 42.5 Å². The number of carbonyl (C=O) groups excluding carboxylic acids is 2. The normalized spacial score (nSPS) is 14.2. The van der Waals surface area contributed by atoms with E-state index in [1.165, 1.54) is 5.56 Å². The molecule has 0 radical (unpaired) electrons. The number of hydrogen-bond acceptors (Lipinski definition) is 5. The molecule has 0 N–H and O–H groups in total. The van der Waals surface area contributed by atoms with E-state index < -0.39 is 0 Å². The number of aryl methyl sites for hydroxylation is 1. The lowest BCUT2D eigenvalue weighted by molar-refractivity contribution is -0.130. The summed E-state index contributed by atoms with van der Waals surface area (Å²) >= 11 is 0. The molecule has 0 aliphatic carbocycles. The van der Waals surface area contributed by atoms with Crippen molar-refractivity contribution in [3.63, 3.8) is 0 Å². The molecule has 2 heterocycles. The van der Waals surface area contributed by atoms with Crippen LogP contribution in [0.5, 0.6) is 0 Å². The minimum atomic E-state index is -0.108. The molecule has 0 saturated carbocycles. The van der Waals surface area contributed by atoms with E-state index >= 15 is 0 Å². The molecule has 2 amide bonds. The third kappa shape index (κ3) is 5.10. The highest BCUT2D eigenvalue weighted by Gasteiger charge is 2.25. The summed E-state index contributed by atoms with van der Waals surface area (Å²) in [6.07, 6.45) is 0. The molecule has 1 aromatic heterocycles. The zero-order chi connectivity index (χ0) is 21.0. The molecule has 1 aliphatic rings. The number of carbonyl (C=O) groups is 2. The van der Waals surface area contributed by atoms with Gasteiger partial charge in [0.2, 0.25) is 11.9 Å². The summed E-state index contributed by atoms with van der Waals surface area (Å²) in [6, 6.07) is 12.1. The van der Waals surface area contributed by atoms with Gasteiger partial charge in [0.25, 0.3) is 5.91 Å². The zero-order valence-electron chi connectivity index (χ0n) is 17.6.